The highest BCUT2D eigenvalue weighted by molar-refractivity contribution is 9.08. The SMILES string of the molecule is COc1cnc(CO)c(CBr)c1OC(F)(F)F. The topological polar surface area (TPSA) is 51.6 Å². The van der Waals surface area contributed by atoms with Crippen LogP contribution in [0.2, 0.25) is 0 Å². The van der Waals surface area contributed by atoms with Gasteiger partial charge < -0.3 is 14.6 Å². The van der Waals surface area contributed by atoms with Crippen LogP contribution < -0.4 is 9.47 Å². The minimum Gasteiger partial charge on any atom is -0.491 e. The first-order valence-electron chi connectivity index (χ1n) is 4.40. The Balaban J connectivity index is 3.30. The molecular weight excluding hydrogens is 307 g/mol. The van der Waals surface area contributed by atoms with E-state index in [1.807, 2.05) is 0 Å². The van der Waals surface area contributed by atoms with Crippen LogP contribution in [-0.2, 0) is 11.9 Å². The molecule has 1 heterocycles. The van der Waals surface area contributed by atoms with E-state index in [-0.39, 0.29) is 22.3 Å². The van der Waals surface area contributed by atoms with Crippen molar-refractivity contribution in [2.75, 3.05) is 7.11 Å². The van der Waals surface area contributed by atoms with Crippen molar-refractivity contribution in [3.63, 3.8) is 0 Å². The number of methoxy groups -OCH3 is 1. The summed E-state index contributed by atoms with van der Waals surface area (Å²) < 4.78 is 45.3. The second kappa shape index (κ2) is 5.54. The summed E-state index contributed by atoms with van der Waals surface area (Å²) in [5, 5.41) is 9.03. The molecule has 0 aliphatic carbocycles. The molecule has 0 aliphatic rings. The van der Waals surface area contributed by atoms with Crippen molar-refractivity contribution < 1.29 is 27.8 Å². The molecule has 0 spiro atoms. The van der Waals surface area contributed by atoms with Gasteiger partial charge in [0.1, 0.15) is 0 Å². The molecular formula is C9H9BrF3NO3. The van der Waals surface area contributed by atoms with E-state index in [0.29, 0.717) is 0 Å². The normalized spacial score (nSPS) is 11.4. The number of pyridine rings is 1. The van der Waals surface area contributed by atoms with Gasteiger partial charge in [0.25, 0.3) is 0 Å². The highest BCUT2D eigenvalue weighted by atomic mass is 79.9. The molecule has 0 saturated heterocycles. The van der Waals surface area contributed by atoms with Crippen LogP contribution in [-0.4, -0.2) is 23.6 Å². The van der Waals surface area contributed by atoms with Gasteiger partial charge in [-0.05, 0) is 0 Å². The highest BCUT2D eigenvalue weighted by Crippen LogP contribution is 2.37. The van der Waals surface area contributed by atoms with Crippen molar-refractivity contribution in [1.82, 2.24) is 4.98 Å². The number of aromatic nitrogens is 1. The summed E-state index contributed by atoms with van der Waals surface area (Å²) in [6.07, 6.45) is -3.77. The highest BCUT2D eigenvalue weighted by Gasteiger charge is 2.34. The van der Waals surface area contributed by atoms with Crippen molar-refractivity contribution in [3.8, 4) is 11.5 Å². The maximum absolute atomic E-state index is 12.2. The average Bonchev–Trinajstić information content (AvgIpc) is 2.26. The van der Waals surface area contributed by atoms with Crippen LogP contribution in [0.1, 0.15) is 11.3 Å². The van der Waals surface area contributed by atoms with E-state index in [2.05, 4.69) is 25.7 Å². The van der Waals surface area contributed by atoms with Gasteiger partial charge in [0, 0.05) is 10.9 Å². The molecule has 0 radical (unpaired) electrons. The molecule has 1 aromatic rings. The van der Waals surface area contributed by atoms with E-state index in [9.17, 15) is 13.2 Å². The van der Waals surface area contributed by atoms with Crippen molar-refractivity contribution in [1.29, 1.82) is 0 Å². The van der Waals surface area contributed by atoms with E-state index in [0.717, 1.165) is 6.20 Å². The van der Waals surface area contributed by atoms with Crippen LogP contribution >= 0.6 is 15.9 Å². The van der Waals surface area contributed by atoms with Crippen LogP contribution in [0.4, 0.5) is 13.2 Å². The first kappa shape index (κ1) is 14.0. The van der Waals surface area contributed by atoms with Crippen LogP contribution in [0.3, 0.4) is 0 Å². The Labute approximate surface area is 103 Å². The summed E-state index contributed by atoms with van der Waals surface area (Å²) in [6, 6.07) is 0. The van der Waals surface area contributed by atoms with Gasteiger partial charge in [0.05, 0.1) is 25.6 Å². The second-order valence-corrected chi connectivity index (χ2v) is 3.48. The number of aliphatic hydroxyl groups excluding tert-OH is 1. The first-order chi connectivity index (χ1) is 7.92. The van der Waals surface area contributed by atoms with Crippen LogP contribution in [0.25, 0.3) is 0 Å². The number of aliphatic hydroxyl groups is 1. The molecule has 8 heteroatoms. The van der Waals surface area contributed by atoms with Gasteiger partial charge in [-0.3, -0.25) is 4.98 Å². The number of nitrogens with zero attached hydrogens (tertiary/aromatic N) is 1. The number of ether oxygens (including phenoxy) is 2. The summed E-state index contributed by atoms with van der Waals surface area (Å²) in [5.74, 6) is -0.634. The summed E-state index contributed by atoms with van der Waals surface area (Å²) in [5.41, 5.74) is 0.200. The molecule has 1 N–H and O–H groups in total. The van der Waals surface area contributed by atoms with E-state index in [4.69, 9.17) is 9.84 Å². The molecule has 0 atom stereocenters. The number of hydrogen-bond donors (Lipinski definition) is 1. The first-order valence-corrected chi connectivity index (χ1v) is 5.52. The summed E-state index contributed by atoms with van der Waals surface area (Å²) >= 11 is 3.02. The minimum absolute atomic E-state index is 0.0541. The molecule has 0 saturated carbocycles. The largest absolute Gasteiger partial charge is 0.573 e. The number of halogens is 4. The zero-order valence-electron chi connectivity index (χ0n) is 8.71. The molecule has 0 aliphatic heterocycles. The molecule has 0 bridgehead atoms. The van der Waals surface area contributed by atoms with Crippen LogP contribution in [0.15, 0.2) is 6.20 Å². The van der Waals surface area contributed by atoms with Crippen molar-refractivity contribution in [2.24, 2.45) is 0 Å². The summed E-state index contributed by atoms with van der Waals surface area (Å²) in [7, 11) is 1.21. The molecule has 1 rings (SSSR count). The Morgan fingerprint density at radius 2 is 2.12 bits per heavy atom. The zero-order chi connectivity index (χ0) is 13.1. The van der Waals surface area contributed by atoms with Gasteiger partial charge in [0.2, 0.25) is 0 Å². The Morgan fingerprint density at radius 1 is 1.47 bits per heavy atom. The smallest absolute Gasteiger partial charge is 0.491 e. The Hall–Kier alpha value is -1.02. The predicted molar refractivity (Wildman–Crippen MR) is 56.0 cm³/mol. The van der Waals surface area contributed by atoms with Crippen molar-refractivity contribution in [2.45, 2.75) is 18.3 Å². The molecule has 0 aromatic carbocycles. The molecule has 17 heavy (non-hydrogen) atoms. The molecule has 0 unspecified atom stereocenters. The second-order valence-electron chi connectivity index (χ2n) is 2.92. The van der Waals surface area contributed by atoms with E-state index < -0.39 is 18.7 Å². The monoisotopic (exact) mass is 315 g/mol. The molecule has 0 amide bonds. The van der Waals surface area contributed by atoms with Gasteiger partial charge in [-0.15, -0.1) is 13.2 Å². The number of rotatable bonds is 4. The lowest BCUT2D eigenvalue weighted by molar-refractivity contribution is -0.275. The lowest BCUT2D eigenvalue weighted by Crippen LogP contribution is -2.19. The van der Waals surface area contributed by atoms with Crippen LogP contribution in [0, 0.1) is 0 Å². The van der Waals surface area contributed by atoms with E-state index in [1.54, 1.807) is 0 Å². The Morgan fingerprint density at radius 3 is 2.53 bits per heavy atom. The van der Waals surface area contributed by atoms with Gasteiger partial charge in [-0.25, -0.2) is 0 Å². The fourth-order valence-corrected chi connectivity index (χ4v) is 1.78. The minimum atomic E-state index is -4.84. The Bertz CT molecular complexity index is 398. The molecule has 96 valence electrons. The van der Waals surface area contributed by atoms with Crippen LogP contribution in [0.5, 0.6) is 11.5 Å². The predicted octanol–water partition coefficient (Wildman–Crippen LogP) is 2.38. The van der Waals surface area contributed by atoms with E-state index >= 15 is 0 Å². The number of alkyl halides is 4. The zero-order valence-corrected chi connectivity index (χ0v) is 10.3. The molecule has 1 aromatic heterocycles. The fourth-order valence-electron chi connectivity index (χ4n) is 1.20. The van der Waals surface area contributed by atoms with Gasteiger partial charge in [-0.2, -0.15) is 0 Å². The van der Waals surface area contributed by atoms with E-state index in [1.165, 1.54) is 7.11 Å². The van der Waals surface area contributed by atoms with Crippen molar-refractivity contribution >= 4 is 15.9 Å². The molecule has 4 nitrogen and oxygen atoms in total. The number of hydrogen-bond acceptors (Lipinski definition) is 4. The summed E-state index contributed by atoms with van der Waals surface area (Å²) in [4.78, 5) is 3.78. The average molecular weight is 316 g/mol. The van der Waals surface area contributed by atoms with Crippen molar-refractivity contribution in [3.05, 3.63) is 17.5 Å². The maximum Gasteiger partial charge on any atom is 0.573 e. The standard InChI is InChI=1S/C9H9BrF3NO3/c1-16-7-3-14-6(4-15)5(2-10)8(7)17-9(11,12)13/h3,15H,2,4H2,1H3. The Kier molecular flexibility index (Phi) is 4.58. The quantitative estimate of drug-likeness (QED) is 0.867. The third kappa shape index (κ3) is 3.47. The lowest BCUT2D eigenvalue weighted by Gasteiger charge is -2.16. The molecule has 0 fully saturated rings. The maximum atomic E-state index is 12.2. The van der Waals surface area contributed by atoms with Gasteiger partial charge in [0.15, 0.2) is 11.5 Å². The third-order valence-electron chi connectivity index (χ3n) is 1.90. The third-order valence-corrected chi connectivity index (χ3v) is 2.47. The van der Waals surface area contributed by atoms with Gasteiger partial charge in [-0.1, -0.05) is 15.9 Å². The summed E-state index contributed by atoms with van der Waals surface area (Å²) in [6.45, 7) is -0.487. The van der Waals surface area contributed by atoms with Gasteiger partial charge >= 0.3 is 6.36 Å². The lowest BCUT2D eigenvalue weighted by atomic mass is 10.2. The fraction of sp³-hybridized carbons (Fsp3) is 0.444.